The molecule has 114 valence electrons. The Kier molecular flexibility index (Phi) is 6.60. The summed E-state index contributed by atoms with van der Waals surface area (Å²) in [6, 6.07) is 3.16. The van der Waals surface area contributed by atoms with Crippen LogP contribution in [0.3, 0.4) is 0 Å². The molecule has 2 N–H and O–H groups in total. The number of thiophene rings is 1. The first kappa shape index (κ1) is 17.1. The van der Waals surface area contributed by atoms with Gasteiger partial charge in [0.05, 0.1) is 12.6 Å². The quantitative estimate of drug-likeness (QED) is 0.736. The molecular weight excluding hydrogens is 300 g/mol. The third-order valence-electron chi connectivity index (χ3n) is 2.80. The van der Waals surface area contributed by atoms with Crippen LogP contribution in [-0.4, -0.2) is 50.0 Å². The van der Waals surface area contributed by atoms with Gasteiger partial charge < -0.3 is 10.4 Å². The Labute approximate surface area is 123 Å². The average Bonchev–Trinajstić information content (AvgIpc) is 2.92. The number of carbonyl (C=O) groups excluding carboxylic acids is 1. The predicted molar refractivity (Wildman–Crippen MR) is 78.1 cm³/mol. The number of nitrogens with one attached hydrogen (secondary N) is 1. The van der Waals surface area contributed by atoms with Crippen LogP contribution in [0.15, 0.2) is 21.7 Å². The largest absolute Gasteiger partial charge is 0.393 e. The van der Waals surface area contributed by atoms with Crippen molar-refractivity contribution in [2.45, 2.75) is 30.1 Å². The number of hydrogen-bond acceptors (Lipinski definition) is 5. The van der Waals surface area contributed by atoms with Crippen molar-refractivity contribution >= 4 is 27.3 Å². The molecule has 0 radical (unpaired) electrons. The summed E-state index contributed by atoms with van der Waals surface area (Å²) in [6.07, 6.45) is 0.648. The van der Waals surface area contributed by atoms with Gasteiger partial charge in [-0.2, -0.15) is 4.31 Å². The van der Waals surface area contributed by atoms with E-state index < -0.39 is 16.1 Å². The molecule has 20 heavy (non-hydrogen) atoms. The highest BCUT2D eigenvalue weighted by Gasteiger charge is 2.23. The first-order valence-corrected chi connectivity index (χ1v) is 8.64. The molecule has 0 aromatic carbocycles. The zero-order valence-electron chi connectivity index (χ0n) is 11.6. The van der Waals surface area contributed by atoms with Crippen LogP contribution in [0.5, 0.6) is 0 Å². The van der Waals surface area contributed by atoms with E-state index in [2.05, 4.69) is 5.32 Å². The molecule has 1 rings (SSSR count). The molecule has 0 fully saturated rings. The van der Waals surface area contributed by atoms with E-state index in [1.807, 2.05) is 6.92 Å². The van der Waals surface area contributed by atoms with Gasteiger partial charge in [0.2, 0.25) is 5.91 Å². The van der Waals surface area contributed by atoms with Crippen molar-refractivity contribution < 1.29 is 18.3 Å². The molecule has 0 bridgehead atoms. The van der Waals surface area contributed by atoms with E-state index >= 15 is 0 Å². The zero-order valence-corrected chi connectivity index (χ0v) is 13.2. The van der Waals surface area contributed by atoms with E-state index in [1.54, 1.807) is 11.4 Å². The van der Waals surface area contributed by atoms with Gasteiger partial charge in [-0.1, -0.05) is 13.0 Å². The first-order valence-electron chi connectivity index (χ1n) is 6.32. The summed E-state index contributed by atoms with van der Waals surface area (Å²) >= 11 is 1.12. The van der Waals surface area contributed by atoms with Crippen LogP contribution in [0.1, 0.15) is 19.8 Å². The lowest BCUT2D eigenvalue weighted by Crippen LogP contribution is -2.38. The molecule has 1 amide bonds. The van der Waals surface area contributed by atoms with Crippen LogP contribution in [0.2, 0.25) is 0 Å². The van der Waals surface area contributed by atoms with Gasteiger partial charge in [-0.15, -0.1) is 11.3 Å². The Morgan fingerprint density at radius 1 is 1.55 bits per heavy atom. The lowest BCUT2D eigenvalue weighted by atomic mass is 10.2. The van der Waals surface area contributed by atoms with E-state index in [9.17, 15) is 18.3 Å². The highest BCUT2D eigenvalue weighted by molar-refractivity contribution is 7.91. The highest BCUT2D eigenvalue weighted by Crippen LogP contribution is 2.19. The SMILES string of the molecule is CCC(O)CCNC(=O)CN(C)S(=O)(=O)c1cccs1. The topological polar surface area (TPSA) is 86.7 Å². The molecule has 1 aromatic heterocycles. The number of hydrogen-bond donors (Lipinski definition) is 2. The molecule has 0 spiro atoms. The Morgan fingerprint density at radius 3 is 2.80 bits per heavy atom. The average molecular weight is 320 g/mol. The summed E-state index contributed by atoms with van der Waals surface area (Å²) in [5.74, 6) is -0.379. The van der Waals surface area contributed by atoms with Gasteiger partial charge in [0, 0.05) is 13.6 Å². The molecule has 8 heteroatoms. The minimum Gasteiger partial charge on any atom is -0.393 e. The number of aliphatic hydroxyl groups excluding tert-OH is 1. The van der Waals surface area contributed by atoms with Gasteiger partial charge in [-0.25, -0.2) is 8.42 Å². The van der Waals surface area contributed by atoms with Crippen LogP contribution in [0, 0.1) is 0 Å². The van der Waals surface area contributed by atoms with Crippen LogP contribution in [0.25, 0.3) is 0 Å². The van der Waals surface area contributed by atoms with Crippen molar-refractivity contribution in [3.05, 3.63) is 17.5 Å². The highest BCUT2D eigenvalue weighted by atomic mass is 32.2. The van der Waals surface area contributed by atoms with Crippen molar-refractivity contribution in [1.82, 2.24) is 9.62 Å². The van der Waals surface area contributed by atoms with Crippen molar-refractivity contribution in [3.63, 3.8) is 0 Å². The van der Waals surface area contributed by atoms with Gasteiger partial charge in [-0.3, -0.25) is 4.79 Å². The summed E-state index contributed by atoms with van der Waals surface area (Å²) < 4.78 is 25.4. The Morgan fingerprint density at radius 2 is 2.25 bits per heavy atom. The van der Waals surface area contributed by atoms with Crippen LogP contribution >= 0.6 is 11.3 Å². The summed E-state index contributed by atoms with van der Waals surface area (Å²) in [4.78, 5) is 11.6. The second-order valence-electron chi connectivity index (χ2n) is 4.39. The van der Waals surface area contributed by atoms with Crippen LogP contribution in [-0.2, 0) is 14.8 Å². The maximum Gasteiger partial charge on any atom is 0.252 e. The fourth-order valence-electron chi connectivity index (χ4n) is 1.49. The molecule has 1 heterocycles. The fraction of sp³-hybridized carbons (Fsp3) is 0.583. The second kappa shape index (κ2) is 7.72. The van der Waals surface area contributed by atoms with Crippen molar-refractivity contribution in [1.29, 1.82) is 0 Å². The van der Waals surface area contributed by atoms with E-state index in [0.29, 0.717) is 19.4 Å². The molecule has 0 aliphatic carbocycles. The summed E-state index contributed by atoms with van der Waals surface area (Å²) in [6.45, 7) is 1.96. The van der Waals surface area contributed by atoms with E-state index in [1.165, 1.54) is 13.1 Å². The van der Waals surface area contributed by atoms with Gasteiger partial charge in [-0.05, 0) is 24.3 Å². The lowest BCUT2D eigenvalue weighted by molar-refractivity contribution is -0.121. The molecule has 0 aliphatic heterocycles. The van der Waals surface area contributed by atoms with E-state index in [4.69, 9.17) is 0 Å². The third-order valence-corrected chi connectivity index (χ3v) is 5.97. The number of nitrogens with zero attached hydrogens (tertiary/aromatic N) is 1. The maximum absolute atomic E-state index is 12.1. The number of carbonyl (C=O) groups is 1. The van der Waals surface area contributed by atoms with Gasteiger partial charge in [0.15, 0.2) is 0 Å². The third kappa shape index (κ3) is 4.86. The van der Waals surface area contributed by atoms with Crippen LogP contribution in [0.4, 0.5) is 0 Å². The van der Waals surface area contributed by atoms with Crippen molar-refractivity contribution in [3.8, 4) is 0 Å². The number of sulfonamides is 1. The molecule has 1 aromatic rings. The minimum atomic E-state index is -3.60. The number of amides is 1. The van der Waals surface area contributed by atoms with Gasteiger partial charge in [0.1, 0.15) is 4.21 Å². The first-order chi connectivity index (χ1) is 9.37. The fourth-order valence-corrected chi connectivity index (χ4v) is 3.82. The summed E-state index contributed by atoms with van der Waals surface area (Å²) in [5, 5.41) is 13.6. The molecule has 1 atom stereocenters. The van der Waals surface area contributed by atoms with E-state index in [-0.39, 0.29) is 16.7 Å². The monoisotopic (exact) mass is 320 g/mol. The smallest absolute Gasteiger partial charge is 0.252 e. The Bertz CT molecular complexity index is 514. The standard InChI is InChI=1S/C12H20N2O4S2/c1-3-10(15)6-7-13-11(16)9-14(2)20(17,18)12-5-4-8-19-12/h4-5,8,10,15H,3,6-7,9H2,1-2H3,(H,13,16). The molecular formula is C12H20N2O4S2. The van der Waals surface area contributed by atoms with Crippen molar-refractivity contribution in [2.75, 3.05) is 20.1 Å². The summed E-state index contributed by atoms with van der Waals surface area (Å²) in [5.41, 5.74) is 0. The molecule has 0 saturated heterocycles. The van der Waals surface area contributed by atoms with Crippen molar-refractivity contribution in [2.24, 2.45) is 0 Å². The minimum absolute atomic E-state index is 0.217. The van der Waals surface area contributed by atoms with Gasteiger partial charge >= 0.3 is 0 Å². The van der Waals surface area contributed by atoms with Gasteiger partial charge in [0.25, 0.3) is 10.0 Å². The molecule has 0 saturated carbocycles. The number of rotatable bonds is 8. The van der Waals surface area contributed by atoms with Crippen LogP contribution < -0.4 is 5.32 Å². The number of aliphatic hydroxyl groups is 1. The number of likely N-dealkylation sites (N-methyl/N-ethyl adjacent to an activating group) is 1. The molecule has 1 unspecified atom stereocenters. The molecule has 0 aliphatic rings. The summed E-state index contributed by atoms with van der Waals surface area (Å²) in [7, 11) is -2.22. The predicted octanol–water partition coefficient (Wildman–Crippen LogP) is 0.646. The molecule has 6 nitrogen and oxygen atoms in total. The lowest BCUT2D eigenvalue weighted by Gasteiger charge is -2.16. The second-order valence-corrected chi connectivity index (χ2v) is 7.61. The Balaban J connectivity index is 2.46. The normalized spacial score (nSPS) is 13.4. The Hall–Kier alpha value is -0.960. The maximum atomic E-state index is 12.1. The zero-order chi connectivity index (χ0) is 15.2. The van der Waals surface area contributed by atoms with E-state index in [0.717, 1.165) is 15.6 Å².